The molecule has 0 aromatic carbocycles. The van der Waals surface area contributed by atoms with Gasteiger partial charge in [0.05, 0.1) is 0 Å². The maximum Gasteiger partial charge on any atom is 0.303 e. The smallest absolute Gasteiger partial charge is 0.303 e. The molecule has 6 heteroatoms. The number of aryl methyl sites for hydroxylation is 2. The lowest BCUT2D eigenvalue weighted by molar-refractivity contribution is -0.137. The van der Waals surface area contributed by atoms with Gasteiger partial charge >= 0.3 is 5.97 Å². The fraction of sp³-hybridized carbons (Fsp3) is 0.462. The van der Waals surface area contributed by atoms with Crippen molar-refractivity contribution in [2.75, 3.05) is 0 Å². The number of carbonyl (C=O) groups is 1. The van der Waals surface area contributed by atoms with Crippen LogP contribution in [0, 0.1) is 0 Å². The van der Waals surface area contributed by atoms with Crippen LogP contribution in [0.1, 0.15) is 32.0 Å². The SMILES string of the molecule is CCCc1nc2cc(Br)cnc2n1CCCC(=O)O. The summed E-state index contributed by atoms with van der Waals surface area (Å²) < 4.78 is 2.94. The number of fused-ring (bicyclic) bond motifs is 1. The molecular weight excluding hydrogens is 310 g/mol. The zero-order valence-electron chi connectivity index (χ0n) is 10.8. The Morgan fingerprint density at radius 3 is 3.00 bits per heavy atom. The highest BCUT2D eigenvalue weighted by Crippen LogP contribution is 2.20. The average molecular weight is 326 g/mol. The first kappa shape index (κ1) is 14.0. The molecule has 0 fully saturated rings. The van der Waals surface area contributed by atoms with Crippen molar-refractivity contribution >= 4 is 33.1 Å². The number of hydrogen-bond donors (Lipinski definition) is 1. The molecule has 0 bridgehead atoms. The van der Waals surface area contributed by atoms with E-state index in [1.165, 1.54) is 0 Å². The molecule has 2 rings (SSSR count). The number of aliphatic carboxylic acids is 1. The Labute approximate surface area is 119 Å². The lowest BCUT2D eigenvalue weighted by Gasteiger charge is -2.06. The number of aromatic nitrogens is 3. The summed E-state index contributed by atoms with van der Waals surface area (Å²) in [5, 5.41) is 8.72. The summed E-state index contributed by atoms with van der Waals surface area (Å²) in [5.41, 5.74) is 1.69. The van der Waals surface area contributed by atoms with Gasteiger partial charge in [-0.1, -0.05) is 6.92 Å². The van der Waals surface area contributed by atoms with Crippen LogP contribution in [0.3, 0.4) is 0 Å². The highest BCUT2D eigenvalue weighted by Gasteiger charge is 2.11. The lowest BCUT2D eigenvalue weighted by atomic mass is 10.3. The summed E-state index contributed by atoms with van der Waals surface area (Å²) in [6.07, 6.45) is 4.38. The van der Waals surface area contributed by atoms with Gasteiger partial charge in [-0.3, -0.25) is 4.79 Å². The van der Waals surface area contributed by atoms with E-state index in [0.29, 0.717) is 13.0 Å². The van der Waals surface area contributed by atoms with E-state index in [2.05, 4.69) is 32.8 Å². The largest absolute Gasteiger partial charge is 0.481 e. The Morgan fingerprint density at radius 1 is 1.53 bits per heavy atom. The minimum atomic E-state index is -0.767. The van der Waals surface area contributed by atoms with Crippen LogP contribution in [0.25, 0.3) is 11.2 Å². The highest BCUT2D eigenvalue weighted by atomic mass is 79.9. The van der Waals surface area contributed by atoms with E-state index >= 15 is 0 Å². The quantitative estimate of drug-likeness (QED) is 0.886. The molecular formula is C13H16BrN3O2. The van der Waals surface area contributed by atoms with Crippen LogP contribution in [0.15, 0.2) is 16.7 Å². The Bertz CT molecular complexity index is 595. The van der Waals surface area contributed by atoms with Crippen molar-refractivity contribution in [3.63, 3.8) is 0 Å². The van der Waals surface area contributed by atoms with Gasteiger partial charge in [0.15, 0.2) is 5.65 Å². The van der Waals surface area contributed by atoms with Gasteiger partial charge in [0, 0.05) is 30.1 Å². The molecule has 0 radical (unpaired) electrons. The number of imidazole rings is 1. The first-order valence-electron chi connectivity index (χ1n) is 6.34. The third kappa shape index (κ3) is 3.32. The number of rotatable bonds is 6. The number of pyridine rings is 1. The van der Waals surface area contributed by atoms with E-state index in [0.717, 1.165) is 34.3 Å². The van der Waals surface area contributed by atoms with Gasteiger partial charge in [-0.05, 0) is 34.8 Å². The minimum Gasteiger partial charge on any atom is -0.481 e. The molecule has 0 atom stereocenters. The van der Waals surface area contributed by atoms with Crippen LogP contribution in [0.2, 0.25) is 0 Å². The van der Waals surface area contributed by atoms with E-state index in [1.807, 2.05) is 10.6 Å². The minimum absolute atomic E-state index is 0.168. The number of nitrogens with zero attached hydrogens (tertiary/aromatic N) is 3. The van der Waals surface area contributed by atoms with Crippen molar-refractivity contribution in [1.82, 2.24) is 14.5 Å². The predicted molar refractivity (Wildman–Crippen MR) is 76.1 cm³/mol. The summed E-state index contributed by atoms with van der Waals surface area (Å²) >= 11 is 3.39. The molecule has 0 unspecified atom stereocenters. The Balaban J connectivity index is 2.31. The van der Waals surface area contributed by atoms with E-state index < -0.39 is 5.97 Å². The molecule has 0 aliphatic rings. The van der Waals surface area contributed by atoms with Gasteiger partial charge in [-0.25, -0.2) is 9.97 Å². The van der Waals surface area contributed by atoms with Crippen LogP contribution in [0.5, 0.6) is 0 Å². The van der Waals surface area contributed by atoms with Gasteiger partial charge in [0.1, 0.15) is 11.3 Å². The monoisotopic (exact) mass is 325 g/mol. The Hall–Kier alpha value is -1.43. The average Bonchev–Trinajstić information content (AvgIpc) is 2.66. The van der Waals surface area contributed by atoms with Crippen LogP contribution in [0.4, 0.5) is 0 Å². The summed E-state index contributed by atoms with van der Waals surface area (Å²) in [5.74, 6) is 0.214. The molecule has 2 aromatic heterocycles. The van der Waals surface area contributed by atoms with Gasteiger partial charge in [-0.2, -0.15) is 0 Å². The van der Waals surface area contributed by atoms with Gasteiger partial charge < -0.3 is 9.67 Å². The Morgan fingerprint density at radius 2 is 2.32 bits per heavy atom. The van der Waals surface area contributed by atoms with E-state index in [4.69, 9.17) is 5.11 Å². The molecule has 0 amide bonds. The third-order valence-electron chi connectivity index (χ3n) is 2.88. The van der Waals surface area contributed by atoms with Gasteiger partial charge in [0.2, 0.25) is 0 Å². The van der Waals surface area contributed by atoms with Crippen LogP contribution >= 0.6 is 15.9 Å². The second kappa shape index (κ2) is 6.14. The summed E-state index contributed by atoms with van der Waals surface area (Å²) in [4.78, 5) is 19.6. The zero-order valence-corrected chi connectivity index (χ0v) is 12.4. The molecule has 0 spiro atoms. The van der Waals surface area contributed by atoms with Crippen molar-refractivity contribution in [2.45, 2.75) is 39.2 Å². The fourth-order valence-corrected chi connectivity index (χ4v) is 2.39. The molecule has 2 aromatic rings. The number of carboxylic acid groups (broad SMARTS) is 1. The lowest BCUT2D eigenvalue weighted by Crippen LogP contribution is -2.06. The molecule has 0 aliphatic carbocycles. The first-order valence-corrected chi connectivity index (χ1v) is 7.13. The van der Waals surface area contributed by atoms with Crippen molar-refractivity contribution in [1.29, 1.82) is 0 Å². The number of hydrogen-bond acceptors (Lipinski definition) is 3. The first-order chi connectivity index (χ1) is 9.11. The van der Waals surface area contributed by atoms with Crippen LogP contribution in [-0.2, 0) is 17.8 Å². The number of carboxylic acids is 1. The van der Waals surface area contributed by atoms with Crippen molar-refractivity contribution in [2.24, 2.45) is 0 Å². The zero-order chi connectivity index (χ0) is 13.8. The van der Waals surface area contributed by atoms with Crippen molar-refractivity contribution < 1.29 is 9.90 Å². The van der Waals surface area contributed by atoms with E-state index in [9.17, 15) is 4.79 Å². The molecule has 102 valence electrons. The molecule has 5 nitrogen and oxygen atoms in total. The topological polar surface area (TPSA) is 68.0 Å². The van der Waals surface area contributed by atoms with Crippen molar-refractivity contribution in [3.05, 3.63) is 22.6 Å². The summed E-state index contributed by atoms with van der Waals surface area (Å²) in [6, 6.07) is 1.94. The fourth-order valence-electron chi connectivity index (χ4n) is 2.07. The van der Waals surface area contributed by atoms with E-state index in [-0.39, 0.29) is 6.42 Å². The van der Waals surface area contributed by atoms with Gasteiger partial charge in [-0.15, -0.1) is 0 Å². The molecule has 1 N–H and O–H groups in total. The third-order valence-corrected chi connectivity index (χ3v) is 3.31. The molecule has 0 aliphatic heterocycles. The highest BCUT2D eigenvalue weighted by molar-refractivity contribution is 9.10. The molecule has 2 heterocycles. The second-order valence-electron chi connectivity index (χ2n) is 4.42. The van der Waals surface area contributed by atoms with Crippen LogP contribution in [-0.4, -0.2) is 25.6 Å². The number of halogens is 1. The second-order valence-corrected chi connectivity index (χ2v) is 5.34. The summed E-state index contributed by atoms with van der Waals surface area (Å²) in [6.45, 7) is 2.75. The van der Waals surface area contributed by atoms with Gasteiger partial charge in [0.25, 0.3) is 0 Å². The molecule has 0 saturated heterocycles. The maximum atomic E-state index is 10.6. The molecule has 0 saturated carbocycles. The molecule has 19 heavy (non-hydrogen) atoms. The van der Waals surface area contributed by atoms with Crippen molar-refractivity contribution in [3.8, 4) is 0 Å². The van der Waals surface area contributed by atoms with Crippen LogP contribution < -0.4 is 0 Å². The Kier molecular flexibility index (Phi) is 4.52. The maximum absolute atomic E-state index is 10.6. The predicted octanol–water partition coefficient (Wildman–Crippen LogP) is 3.01. The standard InChI is InChI=1S/C13H16BrN3O2/c1-2-4-11-16-10-7-9(14)8-15-13(10)17(11)6-3-5-12(18)19/h7-8H,2-6H2,1H3,(H,18,19). The normalized spacial score (nSPS) is 11.1. The summed E-state index contributed by atoms with van der Waals surface area (Å²) in [7, 11) is 0. The van der Waals surface area contributed by atoms with E-state index in [1.54, 1.807) is 6.20 Å².